The number of hydrogen-bond acceptors (Lipinski definition) is 4. The third-order valence-electron chi connectivity index (χ3n) is 4.66. The molecule has 1 aliphatic carbocycles. The summed E-state index contributed by atoms with van der Waals surface area (Å²) < 4.78 is 5.15. The van der Waals surface area contributed by atoms with Gasteiger partial charge in [0.25, 0.3) is 0 Å². The van der Waals surface area contributed by atoms with E-state index in [-0.39, 0.29) is 5.91 Å². The molecule has 4 nitrogen and oxygen atoms in total. The van der Waals surface area contributed by atoms with Gasteiger partial charge >= 0.3 is 0 Å². The highest BCUT2D eigenvalue weighted by Crippen LogP contribution is 2.28. The van der Waals surface area contributed by atoms with Gasteiger partial charge in [0.15, 0.2) is 0 Å². The van der Waals surface area contributed by atoms with E-state index in [4.69, 9.17) is 4.74 Å². The molecule has 2 aliphatic rings. The van der Waals surface area contributed by atoms with Gasteiger partial charge in [0.05, 0.1) is 12.9 Å². The van der Waals surface area contributed by atoms with Crippen LogP contribution in [0.1, 0.15) is 25.7 Å². The van der Waals surface area contributed by atoms with E-state index in [9.17, 15) is 4.79 Å². The second-order valence-corrected chi connectivity index (χ2v) is 7.52. The third-order valence-corrected chi connectivity index (χ3v) is 5.66. The first-order valence-corrected chi connectivity index (χ1v) is 9.51. The summed E-state index contributed by atoms with van der Waals surface area (Å²) in [6, 6.07) is 8.48. The molecule has 0 atom stereocenters. The Morgan fingerprint density at radius 2 is 1.91 bits per heavy atom. The number of thioether (sulfide) groups is 1. The SMILES string of the molecule is COc1ccc(SCC(=O)N2CCC(NCC3CC3)CC2)cc1. The number of carbonyl (C=O) groups excluding carboxylic acids is 1. The van der Waals surface area contributed by atoms with Crippen molar-refractivity contribution in [1.82, 2.24) is 10.2 Å². The summed E-state index contributed by atoms with van der Waals surface area (Å²) in [4.78, 5) is 15.5. The van der Waals surface area contributed by atoms with Crippen LogP contribution in [0, 0.1) is 5.92 Å². The third kappa shape index (κ3) is 5.15. The average Bonchev–Trinajstić information content (AvgIpc) is 3.43. The molecule has 1 amide bonds. The molecule has 0 aromatic heterocycles. The standard InChI is InChI=1S/C18H26N2O2S/c1-22-16-4-6-17(7-5-16)23-13-18(21)20-10-8-15(9-11-20)19-12-14-2-3-14/h4-7,14-15,19H,2-3,8-13H2,1H3. The number of nitrogens with zero attached hydrogens (tertiary/aromatic N) is 1. The number of amides is 1. The monoisotopic (exact) mass is 334 g/mol. The molecule has 1 saturated heterocycles. The number of likely N-dealkylation sites (tertiary alicyclic amines) is 1. The largest absolute Gasteiger partial charge is 0.497 e. The molecule has 2 fully saturated rings. The quantitative estimate of drug-likeness (QED) is 0.779. The van der Waals surface area contributed by atoms with Gasteiger partial charge in [-0.3, -0.25) is 4.79 Å². The molecule has 0 radical (unpaired) electrons. The molecule has 1 aromatic rings. The van der Waals surface area contributed by atoms with Crippen LogP contribution in [0.4, 0.5) is 0 Å². The van der Waals surface area contributed by atoms with E-state index >= 15 is 0 Å². The van der Waals surface area contributed by atoms with Crippen LogP contribution in [-0.4, -0.2) is 49.3 Å². The Hall–Kier alpha value is -1.20. The smallest absolute Gasteiger partial charge is 0.232 e. The molecule has 5 heteroatoms. The molecule has 1 aliphatic heterocycles. The van der Waals surface area contributed by atoms with E-state index in [0.717, 1.165) is 42.5 Å². The number of benzene rings is 1. The van der Waals surface area contributed by atoms with Crippen LogP contribution >= 0.6 is 11.8 Å². The van der Waals surface area contributed by atoms with Gasteiger partial charge in [-0.1, -0.05) is 0 Å². The molecular weight excluding hydrogens is 308 g/mol. The highest BCUT2D eigenvalue weighted by Gasteiger charge is 2.25. The predicted molar refractivity (Wildman–Crippen MR) is 94.0 cm³/mol. The Kier molecular flexibility index (Phi) is 5.84. The van der Waals surface area contributed by atoms with Crippen molar-refractivity contribution in [2.45, 2.75) is 36.6 Å². The molecule has 3 rings (SSSR count). The zero-order chi connectivity index (χ0) is 16.1. The van der Waals surface area contributed by atoms with Crippen LogP contribution in [-0.2, 0) is 4.79 Å². The summed E-state index contributed by atoms with van der Waals surface area (Å²) in [6.45, 7) is 2.96. The molecule has 1 N–H and O–H groups in total. The fourth-order valence-electron chi connectivity index (χ4n) is 2.90. The molecule has 0 spiro atoms. The van der Waals surface area contributed by atoms with Crippen molar-refractivity contribution in [2.24, 2.45) is 5.92 Å². The molecule has 1 saturated carbocycles. The van der Waals surface area contributed by atoms with Gasteiger partial charge in [0.2, 0.25) is 5.91 Å². The van der Waals surface area contributed by atoms with E-state index in [1.807, 2.05) is 29.2 Å². The van der Waals surface area contributed by atoms with Crippen molar-refractivity contribution in [3.05, 3.63) is 24.3 Å². The lowest BCUT2D eigenvalue weighted by Crippen LogP contribution is -2.45. The Balaban J connectivity index is 1.36. The van der Waals surface area contributed by atoms with Gasteiger partial charge in [0.1, 0.15) is 5.75 Å². The minimum Gasteiger partial charge on any atom is -0.497 e. The van der Waals surface area contributed by atoms with Crippen LogP contribution < -0.4 is 10.1 Å². The Bertz CT molecular complexity index is 508. The maximum Gasteiger partial charge on any atom is 0.232 e. The fourth-order valence-corrected chi connectivity index (χ4v) is 3.70. The van der Waals surface area contributed by atoms with Gasteiger partial charge in [-0.25, -0.2) is 0 Å². The number of hydrogen-bond donors (Lipinski definition) is 1. The zero-order valence-electron chi connectivity index (χ0n) is 13.8. The number of methoxy groups -OCH3 is 1. The molecule has 1 aromatic carbocycles. The summed E-state index contributed by atoms with van der Waals surface area (Å²) in [5.74, 6) is 2.55. The lowest BCUT2D eigenvalue weighted by Gasteiger charge is -2.32. The summed E-state index contributed by atoms with van der Waals surface area (Å²) in [6.07, 6.45) is 4.97. The summed E-state index contributed by atoms with van der Waals surface area (Å²) in [5.41, 5.74) is 0. The first-order chi connectivity index (χ1) is 11.2. The first-order valence-electron chi connectivity index (χ1n) is 8.52. The normalized spacial score (nSPS) is 18.9. The highest BCUT2D eigenvalue weighted by atomic mass is 32.2. The minimum absolute atomic E-state index is 0.256. The molecular formula is C18H26N2O2S. The number of carbonyl (C=O) groups is 1. The highest BCUT2D eigenvalue weighted by molar-refractivity contribution is 8.00. The second-order valence-electron chi connectivity index (χ2n) is 6.47. The number of rotatable bonds is 7. The van der Waals surface area contributed by atoms with Gasteiger partial charge in [-0.15, -0.1) is 11.8 Å². The van der Waals surface area contributed by atoms with Gasteiger partial charge in [-0.05, 0) is 62.4 Å². The number of nitrogens with one attached hydrogen (secondary N) is 1. The fraction of sp³-hybridized carbons (Fsp3) is 0.611. The van der Waals surface area contributed by atoms with Gasteiger partial charge in [0, 0.05) is 24.0 Å². The van der Waals surface area contributed by atoms with Crippen molar-refractivity contribution in [2.75, 3.05) is 32.5 Å². The van der Waals surface area contributed by atoms with Gasteiger partial charge in [-0.2, -0.15) is 0 Å². The van der Waals surface area contributed by atoms with Crippen LogP contribution in [0.15, 0.2) is 29.2 Å². The lowest BCUT2D eigenvalue weighted by atomic mass is 10.0. The van der Waals surface area contributed by atoms with Crippen molar-refractivity contribution in [3.63, 3.8) is 0 Å². The van der Waals surface area contributed by atoms with Crippen LogP contribution in [0.25, 0.3) is 0 Å². The van der Waals surface area contributed by atoms with Crippen molar-refractivity contribution in [3.8, 4) is 5.75 Å². The number of ether oxygens (including phenoxy) is 1. The molecule has 0 unspecified atom stereocenters. The lowest BCUT2D eigenvalue weighted by molar-refractivity contribution is -0.129. The van der Waals surface area contributed by atoms with Gasteiger partial charge < -0.3 is 15.0 Å². The van der Waals surface area contributed by atoms with E-state index < -0.39 is 0 Å². The Morgan fingerprint density at radius 3 is 2.52 bits per heavy atom. The maximum atomic E-state index is 12.3. The summed E-state index contributed by atoms with van der Waals surface area (Å²) in [7, 11) is 1.66. The maximum absolute atomic E-state index is 12.3. The van der Waals surface area contributed by atoms with E-state index in [1.54, 1.807) is 18.9 Å². The van der Waals surface area contributed by atoms with Crippen LogP contribution in [0.5, 0.6) is 5.75 Å². The zero-order valence-corrected chi connectivity index (χ0v) is 14.6. The Morgan fingerprint density at radius 1 is 1.22 bits per heavy atom. The van der Waals surface area contributed by atoms with Crippen molar-refractivity contribution < 1.29 is 9.53 Å². The predicted octanol–water partition coefficient (Wildman–Crippen LogP) is 2.78. The average molecular weight is 334 g/mol. The number of piperidine rings is 1. The van der Waals surface area contributed by atoms with Crippen molar-refractivity contribution >= 4 is 17.7 Å². The van der Waals surface area contributed by atoms with Crippen molar-refractivity contribution in [1.29, 1.82) is 0 Å². The molecule has 1 heterocycles. The topological polar surface area (TPSA) is 41.6 Å². The summed E-state index contributed by atoms with van der Waals surface area (Å²) >= 11 is 1.60. The molecule has 0 bridgehead atoms. The van der Waals surface area contributed by atoms with E-state index in [0.29, 0.717) is 11.8 Å². The van der Waals surface area contributed by atoms with E-state index in [1.165, 1.54) is 19.4 Å². The second kappa shape index (κ2) is 8.06. The van der Waals surface area contributed by atoms with Crippen LogP contribution in [0.3, 0.4) is 0 Å². The van der Waals surface area contributed by atoms with E-state index in [2.05, 4.69) is 5.32 Å². The Labute approximate surface area is 143 Å². The minimum atomic E-state index is 0.256. The van der Waals surface area contributed by atoms with Crippen LogP contribution in [0.2, 0.25) is 0 Å². The molecule has 23 heavy (non-hydrogen) atoms. The summed E-state index contributed by atoms with van der Waals surface area (Å²) in [5, 5.41) is 3.66. The first kappa shape index (κ1) is 16.7. The molecule has 126 valence electrons.